The molecular weight excluding hydrogens is 226 g/mol. The van der Waals surface area contributed by atoms with Gasteiger partial charge in [0, 0.05) is 6.54 Å². The zero-order valence-electron chi connectivity index (χ0n) is 12.3. The van der Waals surface area contributed by atoms with Crippen molar-refractivity contribution >= 4 is 5.97 Å². The molecule has 0 saturated carbocycles. The van der Waals surface area contributed by atoms with Gasteiger partial charge in [0.1, 0.15) is 6.04 Å². The quantitative estimate of drug-likeness (QED) is 0.624. The molecular formula is C15H29NO2. The summed E-state index contributed by atoms with van der Waals surface area (Å²) in [5, 5.41) is 0. The molecule has 0 aromatic rings. The number of ether oxygens (including phenoxy) is 1. The molecule has 1 aliphatic heterocycles. The average Bonchev–Trinajstić information content (AvgIpc) is 2.82. The second-order valence-corrected chi connectivity index (χ2v) is 5.32. The molecule has 3 nitrogen and oxygen atoms in total. The highest BCUT2D eigenvalue weighted by Gasteiger charge is 2.32. The van der Waals surface area contributed by atoms with Crippen molar-refractivity contribution in [2.45, 2.75) is 65.3 Å². The molecule has 2 atom stereocenters. The molecule has 1 aliphatic rings. The van der Waals surface area contributed by atoms with Crippen molar-refractivity contribution in [2.24, 2.45) is 5.92 Å². The first-order chi connectivity index (χ1) is 8.72. The van der Waals surface area contributed by atoms with Crippen LogP contribution in [0.4, 0.5) is 0 Å². The zero-order valence-corrected chi connectivity index (χ0v) is 12.3. The third-order valence-electron chi connectivity index (χ3n) is 3.96. The van der Waals surface area contributed by atoms with Gasteiger partial charge in [0.15, 0.2) is 0 Å². The van der Waals surface area contributed by atoms with Crippen molar-refractivity contribution in [1.82, 2.24) is 4.90 Å². The fourth-order valence-electron chi connectivity index (χ4n) is 2.80. The standard InChI is InChI=1S/C15H29NO2/c1-4-7-9-13(5-2)12-16-11-8-10-14(16)15(17)18-6-3/h13-14H,4-12H2,1-3H3. The molecule has 1 fully saturated rings. The molecule has 0 N–H and O–H groups in total. The van der Waals surface area contributed by atoms with Crippen LogP contribution >= 0.6 is 0 Å². The molecule has 1 heterocycles. The van der Waals surface area contributed by atoms with Gasteiger partial charge in [-0.05, 0) is 38.6 Å². The maximum atomic E-state index is 11.9. The minimum Gasteiger partial charge on any atom is -0.465 e. The summed E-state index contributed by atoms with van der Waals surface area (Å²) in [6.45, 7) is 9.01. The number of hydrogen-bond donors (Lipinski definition) is 0. The van der Waals surface area contributed by atoms with Gasteiger partial charge < -0.3 is 4.74 Å². The van der Waals surface area contributed by atoms with Gasteiger partial charge in [-0.1, -0.05) is 33.1 Å². The summed E-state index contributed by atoms with van der Waals surface area (Å²) in [7, 11) is 0. The van der Waals surface area contributed by atoms with Crippen LogP contribution < -0.4 is 0 Å². The summed E-state index contributed by atoms with van der Waals surface area (Å²) in [5.74, 6) is 0.723. The number of likely N-dealkylation sites (tertiary alicyclic amines) is 1. The average molecular weight is 255 g/mol. The van der Waals surface area contributed by atoms with E-state index in [1.165, 1.54) is 25.7 Å². The maximum Gasteiger partial charge on any atom is 0.323 e. The van der Waals surface area contributed by atoms with E-state index in [4.69, 9.17) is 4.74 Å². The van der Waals surface area contributed by atoms with E-state index in [9.17, 15) is 4.79 Å². The minimum atomic E-state index is -0.0136. The minimum absolute atomic E-state index is 0.0136. The molecule has 0 amide bonds. The van der Waals surface area contributed by atoms with Crippen molar-refractivity contribution in [3.63, 3.8) is 0 Å². The lowest BCUT2D eigenvalue weighted by molar-refractivity contribution is -0.148. The van der Waals surface area contributed by atoms with E-state index in [0.717, 1.165) is 31.8 Å². The van der Waals surface area contributed by atoms with Crippen LogP contribution in [-0.2, 0) is 9.53 Å². The van der Waals surface area contributed by atoms with Gasteiger partial charge in [0.2, 0.25) is 0 Å². The normalized spacial score (nSPS) is 22.1. The van der Waals surface area contributed by atoms with E-state index >= 15 is 0 Å². The molecule has 0 spiro atoms. The molecule has 0 aliphatic carbocycles. The van der Waals surface area contributed by atoms with E-state index in [1.807, 2.05) is 6.92 Å². The number of unbranched alkanes of at least 4 members (excludes halogenated alkanes) is 1. The lowest BCUT2D eigenvalue weighted by Crippen LogP contribution is -2.40. The number of rotatable bonds is 8. The van der Waals surface area contributed by atoms with Crippen LogP contribution in [0.15, 0.2) is 0 Å². The van der Waals surface area contributed by atoms with Crippen LogP contribution in [0.3, 0.4) is 0 Å². The Labute approximate surface area is 112 Å². The lowest BCUT2D eigenvalue weighted by atomic mass is 9.98. The van der Waals surface area contributed by atoms with Crippen molar-refractivity contribution < 1.29 is 9.53 Å². The largest absolute Gasteiger partial charge is 0.465 e. The molecule has 106 valence electrons. The van der Waals surface area contributed by atoms with Crippen LogP contribution in [0, 0.1) is 5.92 Å². The fourth-order valence-corrected chi connectivity index (χ4v) is 2.80. The lowest BCUT2D eigenvalue weighted by Gasteiger charge is -2.27. The Morgan fingerprint density at radius 2 is 2.17 bits per heavy atom. The smallest absolute Gasteiger partial charge is 0.323 e. The highest BCUT2D eigenvalue weighted by atomic mass is 16.5. The van der Waals surface area contributed by atoms with E-state index < -0.39 is 0 Å². The van der Waals surface area contributed by atoms with Gasteiger partial charge in [-0.15, -0.1) is 0 Å². The van der Waals surface area contributed by atoms with Gasteiger partial charge in [-0.2, -0.15) is 0 Å². The third kappa shape index (κ3) is 4.60. The van der Waals surface area contributed by atoms with Gasteiger partial charge in [-0.25, -0.2) is 0 Å². The van der Waals surface area contributed by atoms with E-state index in [-0.39, 0.29) is 12.0 Å². The Morgan fingerprint density at radius 1 is 1.39 bits per heavy atom. The summed E-state index contributed by atoms with van der Waals surface area (Å²) < 4.78 is 5.17. The zero-order chi connectivity index (χ0) is 13.4. The monoisotopic (exact) mass is 255 g/mol. The van der Waals surface area contributed by atoms with E-state index in [2.05, 4.69) is 18.7 Å². The van der Waals surface area contributed by atoms with Crippen LogP contribution in [0.5, 0.6) is 0 Å². The Bertz CT molecular complexity index is 243. The molecule has 0 aromatic carbocycles. The highest BCUT2D eigenvalue weighted by molar-refractivity contribution is 5.76. The number of esters is 1. The van der Waals surface area contributed by atoms with Gasteiger partial charge in [0.05, 0.1) is 6.61 Å². The molecule has 2 unspecified atom stereocenters. The topological polar surface area (TPSA) is 29.5 Å². The molecule has 0 radical (unpaired) electrons. The van der Waals surface area contributed by atoms with Gasteiger partial charge in [0.25, 0.3) is 0 Å². The van der Waals surface area contributed by atoms with Crippen molar-refractivity contribution in [1.29, 1.82) is 0 Å². The molecule has 3 heteroatoms. The highest BCUT2D eigenvalue weighted by Crippen LogP contribution is 2.23. The molecule has 0 bridgehead atoms. The fraction of sp³-hybridized carbons (Fsp3) is 0.933. The first-order valence-electron chi connectivity index (χ1n) is 7.63. The predicted molar refractivity (Wildman–Crippen MR) is 74.5 cm³/mol. The second-order valence-electron chi connectivity index (χ2n) is 5.32. The molecule has 18 heavy (non-hydrogen) atoms. The van der Waals surface area contributed by atoms with Crippen molar-refractivity contribution in [3.05, 3.63) is 0 Å². The van der Waals surface area contributed by atoms with Gasteiger partial charge >= 0.3 is 5.97 Å². The number of hydrogen-bond acceptors (Lipinski definition) is 3. The van der Waals surface area contributed by atoms with E-state index in [1.54, 1.807) is 0 Å². The van der Waals surface area contributed by atoms with E-state index in [0.29, 0.717) is 6.61 Å². The second kappa shape index (κ2) is 8.52. The molecule has 0 aromatic heterocycles. The molecule has 1 rings (SSSR count). The first kappa shape index (κ1) is 15.5. The van der Waals surface area contributed by atoms with Crippen LogP contribution in [0.25, 0.3) is 0 Å². The number of nitrogens with zero attached hydrogens (tertiary/aromatic N) is 1. The Hall–Kier alpha value is -0.570. The first-order valence-corrected chi connectivity index (χ1v) is 7.63. The summed E-state index contributed by atoms with van der Waals surface area (Å²) in [5.41, 5.74) is 0. The Balaban J connectivity index is 2.45. The summed E-state index contributed by atoms with van der Waals surface area (Å²) in [6.07, 6.45) is 7.18. The van der Waals surface area contributed by atoms with Crippen LogP contribution in [-0.4, -0.2) is 36.6 Å². The predicted octanol–water partition coefficient (Wildman–Crippen LogP) is 3.23. The van der Waals surface area contributed by atoms with Crippen LogP contribution in [0.2, 0.25) is 0 Å². The summed E-state index contributed by atoms with van der Waals surface area (Å²) in [4.78, 5) is 14.2. The Morgan fingerprint density at radius 3 is 2.78 bits per heavy atom. The summed E-state index contributed by atoms with van der Waals surface area (Å²) in [6, 6.07) is 0.0284. The maximum absolute atomic E-state index is 11.9. The summed E-state index contributed by atoms with van der Waals surface area (Å²) >= 11 is 0. The Kier molecular flexibility index (Phi) is 7.33. The van der Waals surface area contributed by atoms with Crippen molar-refractivity contribution in [3.8, 4) is 0 Å². The number of carbonyl (C=O) groups is 1. The van der Waals surface area contributed by atoms with Crippen molar-refractivity contribution in [2.75, 3.05) is 19.7 Å². The number of carbonyl (C=O) groups excluding carboxylic acids is 1. The third-order valence-corrected chi connectivity index (χ3v) is 3.96. The SMILES string of the molecule is CCCCC(CC)CN1CCCC1C(=O)OCC. The molecule has 1 saturated heterocycles. The van der Waals surface area contributed by atoms with Gasteiger partial charge in [-0.3, -0.25) is 9.69 Å². The van der Waals surface area contributed by atoms with Crippen LogP contribution in [0.1, 0.15) is 59.3 Å².